The Hall–Kier alpha value is -1.36. The summed E-state index contributed by atoms with van der Waals surface area (Å²) in [6.07, 6.45) is 6.39. The van der Waals surface area contributed by atoms with Crippen molar-refractivity contribution in [2.75, 3.05) is 13.1 Å². The summed E-state index contributed by atoms with van der Waals surface area (Å²) in [7, 11) is 0. The Bertz CT molecular complexity index is 557. The van der Waals surface area contributed by atoms with E-state index in [0.29, 0.717) is 19.5 Å². The van der Waals surface area contributed by atoms with E-state index in [9.17, 15) is 14.7 Å². The number of thiophene rings is 1. The number of nitrogens with zero attached hydrogens (tertiary/aromatic N) is 1. The molecule has 21 heavy (non-hydrogen) atoms. The van der Waals surface area contributed by atoms with E-state index >= 15 is 0 Å². The van der Waals surface area contributed by atoms with Gasteiger partial charge in [-0.1, -0.05) is 6.42 Å². The van der Waals surface area contributed by atoms with Gasteiger partial charge in [-0.2, -0.15) is 0 Å². The summed E-state index contributed by atoms with van der Waals surface area (Å²) in [5.41, 5.74) is 0.547. The van der Waals surface area contributed by atoms with Crippen molar-refractivity contribution in [1.82, 2.24) is 4.90 Å². The molecule has 1 aromatic heterocycles. The number of aryl methyl sites for hydroxylation is 2. The van der Waals surface area contributed by atoms with Crippen molar-refractivity contribution in [1.29, 1.82) is 0 Å². The van der Waals surface area contributed by atoms with Crippen LogP contribution in [-0.2, 0) is 17.6 Å². The van der Waals surface area contributed by atoms with Gasteiger partial charge in [0.1, 0.15) is 0 Å². The van der Waals surface area contributed by atoms with Crippen LogP contribution in [0.25, 0.3) is 0 Å². The molecule has 2 aliphatic rings. The molecule has 2 heterocycles. The van der Waals surface area contributed by atoms with Crippen molar-refractivity contribution < 1.29 is 14.7 Å². The topological polar surface area (TPSA) is 57.6 Å². The number of carboxylic acid groups (broad SMARTS) is 1. The molecule has 1 saturated heterocycles. The standard InChI is InChI=1S/C16H21NO3S/c1-16(15(19)20)7-8-17(10-16)14(18)13-9-11-5-3-2-4-6-12(11)21-13/h9H,2-8,10H2,1H3,(H,19,20). The summed E-state index contributed by atoms with van der Waals surface area (Å²) >= 11 is 1.61. The minimum Gasteiger partial charge on any atom is -0.481 e. The first-order valence-electron chi connectivity index (χ1n) is 7.64. The first-order chi connectivity index (χ1) is 9.99. The van der Waals surface area contributed by atoms with Crippen LogP contribution in [-0.4, -0.2) is 35.0 Å². The molecule has 0 aromatic carbocycles. The lowest BCUT2D eigenvalue weighted by molar-refractivity contribution is -0.147. The zero-order valence-corrected chi connectivity index (χ0v) is 13.2. The molecule has 1 aromatic rings. The van der Waals surface area contributed by atoms with Gasteiger partial charge >= 0.3 is 5.97 Å². The second-order valence-corrected chi connectivity index (χ2v) is 7.60. The van der Waals surface area contributed by atoms with Gasteiger partial charge in [0.15, 0.2) is 0 Å². The molecule has 0 spiro atoms. The molecule has 1 atom stereocenters. The monoisotopic (exact) mass is 307 g/mol. The first kappa shape index (κ1) is 14.6. The fraction of sp³-hybridized carbons (Fsp3) is 0.625. The number of rotatable bonds is 2. The molecule has 0 radical (unpaired) electrons. The zero-order chi connectivity index (χ0) is 15.0. The molecule has 1 aliphatic carbocycles. The highest BCUT2D eigenvalue weighted by molar-refractivity contribution is 7.14. The van der Waals surface area contributed by atoms with Crippen LogP contribution < -0.4 is 0 Å². The van der Waals surface area contributed by atoms with Crippen molar-refractivity contribution in [2.45, 2.75) is 45.4 Å². The van der Waals surface area contributed by atoms with Crippen LogP contribution >= 0.6 is 11.3 Å². The lowest BCUT2D eigenvalue weighted by Gasteiger charge is -2.19. The van der Waals surface area contributed by atoms with E-state index < -0.39 is 11.4 Å². The van der Waals surface area contributed by atoms with Crippen molar-refractivity contribution >= 4 is 23.2 Å². The number of fused-ring (bicyclic) bond motifs is 1. The normalized spacial score (nSPS) is 25.5. The predicted octanol–water partition coefficient (Wildman–Crippen LogP) is 2.95. The van der Waals surface area contributed by atoms with Gasteiger partial charge in [-0.05, 0) is 50.7 Å². The molecule has 3 rings (SSSR count). The smallest absolute Gasteiger partial charge is 0.311 e. The Morgan fingerprint density at radius 2 is 2.05 bits per heavy atom. The maximum Gasteiger partial charge on any atom is 0.311 e. The summed E-state index contributed by atoms with van der Waals surface area (Å²) < 4.78 is 0. The van der Waals surface area contributed by atoms with Crippen LogP contribution in [0.5, 0.6) is 0 Å². The lowest BCUT2D eigenvalue weighted by Crippen LogP contribution is -2.34. The molecular formula is C16H21NO3S. The molecule has 5 heteroatoms. The molecule has 1 unspecified atom stereocenters. The molecular weight excluding hydrogens is 286 g/mol. The van der Waals surface area contributed by atoms with Crippen LogP contribution in [0.4, 0.5) is 0 Å². The van der Waals surface area contributed by atoms with Gasteiger partial charge in [-0.25, -0.2) is 0 Å². The minimum absolute atomic E-state index is 0.0121. The number of carbonyl (C=O) groups is 2. The number of carbonyl (C=O) groups excluding carboxylic acids is 1. The number of likely N-dealkylation sites (tertiary alicyclic amines) is 1. The number of aliphatic carboxylic acids is 1. The van der Waals surface area contributed by atoms with Crippen LogP contribution in [0.15, 0.2) is 6.07 Å². The zero-order valence-electron chi connectivity index (χ0n) is 12.4. The Balaban J connectivity index is 1.76. The SMILES string of the molecule is CC1(C(=O)O)CCN(C(=O)c2cc3c(s2)CCCCC3)C1. The average Bonchev–Trinajstić information content (AvgIpc) is 2.98. The van der Waals surface area contributed by atoms with Crippen molar-refractivity contribution in [2.24, 2.45) is 5.41 Å². The molecule has 1 N–H and O–H groups in total. The third-order valence-corrected chi connectivity index (χ3v) is 5.96. The van der Waals surface area contributed by atoms with Crippen LogP contribution in [0.1, 0.15) is 52.7 Å². The van der Waals surface area contributed by atoms with E-state index in [4.69, 9.17) is 0 Å². The van der Waals surface area contributed by atoms with Gasteiger partial charge in [-0.3, -0.25) is 9.59 Å². The van der Waals surface area contributed by atoms with Gasteiger partial charge in [0.2, 0.25) is 0 Å². The van der Waals surface area contributed by atoms with E-state index in [1.165, 1.54) is 29.7 Å². The molecule has 0 saturated carbocycles. The van der Waals surface area contributed by atoms with E-state index in [1.54, 1.807) is 23.2 Å². The van der Waals surface area contributed by atoms with Gasteiger partial charge in [-0.15, -0.1) is 11.3 Å². The number of carboxylic acids is 1. The summed E-state index contributed by atoms with van der Waals surface area (Å²) in [5.74, 6) is -0.794. The van der Waals surface area contributed by atoms with Crippen molar-refractivity contribution in [3.8, 4) is 0 Å². The maximum absolute atomic E-state index is 12.6. The number of hydrogen-bond donors (Lipinski definition) is 1. The third kappa shape index (κ3) is 2.71. The molecule has 114 valence electrons. The Kier molecular flexibility index (Phi) is 3.78. The molecule has 1 amide bonds. The Morgan fingerprint density at radius 1 is 1.29 bits per heavy atom. The number of hydrogen-bond acceptors (Lipinski definition) is 3. The van der Waals surface area contributed by atoms with Gasteiger partial charge in [0, 0.05) is 18.0 Å². The second kappa shape index (κ2) is 5.44. The first-order valence-corrected chi connectivity index (χ1v) is 8.45. The van der Waals surface area contributed by atoms with Gasteiger partial charge in [0.05, 0.1) is 10.3 Å². The maximum atomic E-state index is 12.6. The van der Waals surface area contributed by atoms with Crippen LogP contribution in [0.3, 0.4) is 0 Å². The van der Waals surface area contributed by atoms with E-state index in [-0.39, 0.29) is 5.91 Å². The Morgan fingerprint density at radius 3 is 2.76 bits per heavy atom. The van der Waals surface area contributed by atoms with Gasteiger partial charge < -0.3 is 10.0 Å². The van der Waals surface area contributed by atoms with Gasteiger partial charge in [0.25, 0.3) is 5.91 Å². The summed E-state index contributed by atoms with van der Waals surface area (Å²) in [5, 5.41) is 9.27. The summed E-state index contributed by atoms with van der Waals surface area (Å²) in [6.45, 7) is 2.60. The summed E-state index contributed by atoms with van der Waals surface area (Å²) in [4.78, 5) is 27.7. The van der Waals surface area contributed by atoms with Crippen LogP contribution in [0, 0.1) is 5.41 Å². The second-order valence-electron chi connectivity index (χ2n) is 6.46. The Labute approximate surface area is 128 Å². The summed E-state index contributed by atoms with van der Waals surface area (Å²) in [6, 6.07) is 2.05. The van der Waals surface area contributed by atoms with Crippen molar-refractivity contribution in [3.05, 3.63) is 21.4 Å². The fourth-order valence-corrected chi connectivity index (χ4v) is 4.46. The predicted molar refractivity (Wildman–Crippen MR) is 81.8 cm³/mol. The molecule has 0 bridgehead atoms. The number of amides is 1. The fourth-order valence-electron chi connectivity index (χ4n) is 3.24. The largest absolute Gasteiger partial charge is 0.481 e. The molecule has 1 aliphatic heterocycles. The van der Waals surface area contributed by atoms with E-state index in [2.05, 4.69) is 0 Å². The highest BCUT2D eigenvalue weighted by Crippen LogP contribution is 2.34. The highest BCUT2D eigenvalue weighted by atomic mass is 32.1. The molecule has 1 fully saturated rings. The quantitative estimate of drug-likeness (QED) is 0.855. The van der Waals surface area contributed by atoms with E-state index in [0.717, 1.165) is 17.7 Å². The van der Waals surface area contributed by atoms with Crippen molar-refractivity contribution in [3.63, 3.8) is 0 Å². The highest BCUT2D eigenvalue weighted by Gasteiger charge is 2.42. The lowest BCUT2D eigenvalue weighted by atomic mass is 9.90. The third-order valence-electron chi connectivity index (χ3n) is 4.73. The van der Waals surface area contributed by atoms with Crippen LogP contribution in [0.2, 0.25) is 0 Å². The van der Waals surface area contributed by atoms with E-state index in [1.807, 2.05) is 6.07 Å². The minimum atomic E-state index is -0.806. The average molecular weight is 307 g/mol. The molecule has 4 nitrogen and oxygen atoms in total.